The van der Waals surface area contributed by atoms with Crippen LogP contribution < -0.4 is 5.32 Å². The van der Waals surface area contributed by atoms with Crippen LogP contribution in [-0.2, 0) is 0 Å². The lowest BCUT2D eigenvalue weighted by molar-refractivity contribution is 0.512. The Hall–Kier alpha value is -0.640. The molecule has 0 amide bonds. The van der Waals surface area contributed by atoms with Gasteiger partial charge < -0.3 is 5.32 Å². The van der Waals surface area contributed by atoms with Crippen molar-refractivity contribution in [1.29, 1.82) is 0 Å². The zero-order valence-corrected chi connectivity index (χ0v) is 8.36. The van der Waals surface area contributed by atoms with Gasteiger partial charge in [-0.15, -0.1) is 0 Å². The molecule has 0 aliphatic carbocycles. The Kier molecular flexibility index (Phi) is 3.47. The van der Waals surface area contributed by atoms with E-state index in [1.165, 1.54) is 0 Å². The summed E-state index contributed by atoms with van der Waals surface area (Å²) in [4.78, 5) is 4.05. The van der Waals surface area contributed by atoms with Crippen molar-refractivity contribution in [3.8, 4) is 0 Å². The fourth-order valence-electron chi connectivity index (χ4n) is 0.811. The molecule has 0 unspecified atom stereocenters. The lowest BCUT2D eigenvalue weighted by Gasteiger charge is -2.04. The Labute approximate surface area is 79.3 Å². The van der Waals surface area contributed by atoms with Crippen molar-refractivity contribution < 1.29 is 4.39 Å². The van der Waals surface area contributed by atoms with Crippen molar-refractivity contribution in [2.45, 2.75) is 6.92 Å². The standard InChI is InChI=1S/C8H10BrFN2/c1-6-4-8(11-3-2-10)12-5-7(6)9/h4-5H,2-3H2,1H3,(H,11,12). The van der Waals surface area contributed by atoms with Gasteiger partial charge in [-0.05, 0) is 34.5 Å². The number of hydrogen-bond acceptors (Lipinski definition) is 2. The summed E-state index contributed by atoms with van der Waals surface area (Å²) in [6.45, 7) is 1.90. The van der Waals surface area contributed by atoms with Crippen LogP contribution in [0.1, 0.15) is 5.56 Å². The molecule has 1 heterocycles. The summed E-state index contributed by atoms with van der Waals surface area (Å²) in [7, 11) is 0. The molecule has 1 N–H and O–H groups in total. The quantitative estimate of drug-likeness (QED) is 0.867. The Bertz CT molecular complexity index is 265. The molecule has 2 nitrogen and oxygen atoms in total. The Morgan fingerprint density at radius 3 is 3.00 bits per heavy atom. The van der Waals surface area contributed by atoms with Crippen molar-refractivity contribution in [2.75, 3.05) is 18.5 Å². The van der Waals surface area contributed by atoms with Crippen LogP contribution >= 0.6 is 15.9 Å². The maximum atomic E-state index is 11.8. The second kappa shape index (κ2) is 4.40. The van der Waals surface area contributed by atoms with Gasteiger partial charge in [-0.1, -0.05) is 0 Å². The van der Waals surface area contributed by atoms with E-state index in [4.69, 9.17) is 0 Å². The number of nitrogens with one attached hydrogen (secondary N) is 1. The van der Waals surface area contributed by atoms with Crippen LogP contribution in [0.3, 0.4) is 0 Å². The third kappa shape index (κ3) is 2.44. The highest BCUT2D eigenvalue weighted by Crippen LogP contribution is 2.16. The van der Waals surface area contributed by atoms with Crippen molar-refractivity contribution in [2.24, 2.45) is 0 Å². The Morgan fingerprint density at radius 2 is 2.42 bits per heavy atom. The molecular weight excluding hydrogens is 223 g/mol. The molecule has 0 aromatic carbocycles. The summed E-state index contributed by atoms with van der Waals surface area (Å²) in [5.74, 6) is 0.716. The van der Waals surface area contributed by atoms with Crippen LogP contribution in [-0.4, -0.2) is 18.2 Å². The normalized spacial score (nSPS) is 9.92. The van der Waals surface area contributed by atoms with Gasteiger partial charge in [0, 0.05) is 17.2 Å². The Morgan fingerprint density at radius 1 is 1.67 bits per heavy atom. The monoisotopic (exact) mass is 232 g/mol. The van der Waals surface area contributed by atoms with Gasteiger partial charge in [-0.2, -0.15) is 0 Å². The number of pyridine rings is 1. The number of nitrogens with zero attached hydrogens (tertiary/aromatic N) is 1. The van der Waals surface area contributed by atoms with E-state index < -0.39 is 0 Å². The maximum absolute atomic E-state index is 11.8. The molecule has 0 radical (unpaired) electrons. The molecule has 0 saturated heterocycles. The van der Waals surface area contributed by atoms with E-state index in [1.54, 1.807) is 6.20 Å². The molecule has 4 heteroatoms. The largest absolute Gasteiger partial charge is 0.367 e. The maximum Gasteiger partial charge on any atom is 0.126 e. The van der Waals surface area contributed by atoms with Crippen LogP contribution in [0.15, 0.2) is 16.7 Å². The molecule has 66 valence electrons. The Balaban J connectivity index is 2.69. The summed E-state index contributed by atoms with van der Waals surface area (Å²) in [5.41, 5.74) is 1.09. The number of rotatable bonds is 3. The van der Waals surface area contributed by atoms with Gasteiger partial charge in [0.25, 0.3) is 0 Å². The highest BCUT2D eigenvalue weighted by atomic mass is 79.9. The van der Waals surface area contributed by atoms with E-state index in [-0.39, 0.29) is 6.67 Å². The molecule has 1 rings (SSSR count). The minimum absolute atomic E-state index is 0.314. The minimum atomic E-state index is -0.378. The summed E-state index contributed by atoms with van der Waals surface area (Å²) < 4.78 is 12.7. The summed E-state index contributed by atoms with van der Waals surface area (Å²) in [6.07, 6.45) is 1.70. The highest BCUT2D eigenvalue weighted by molar-refractivity contribution is 9.10. The average Bonchev–Trinajstić information content (AvgIpc) is 2.07. The topological polar surface area (TPSA) is 24.9 Å². The lowest BCUT2D eigenvalue weighted by atomic mass is 10.3. The minimum Gasteiger partial charge on any atom is -0.367 e. The van der Waals surface area contributed by atoms with Crippen LogP contribution in [0.2, 0.25) is 0 Å². The molecule has 0 bridgehead atoms. The molecule has 0 fully saturated rings. The second-order valence-corrected chi connectivity index (χ2v) is 3.29. The van der Waals surface area contributed by atoms with E-state index in [9.17, 15) is 4.39 Å². The zero-order valence-electron chi connectivity index (χ0n) is 6.77. The van der Waals surface area contributed by atoms with Gasteiger partial charge in [0.2, 0.25) is 0 Å². The lowest BCUT2D eigenvalue weighted by Crippen LogP contribution is -2.04. The molecule has 1 aromatic heterocycles. The SMILES string of the molecule is Cc1cc(NCCF)ncc1Br. The predicted octanol–water partition coefficient (Wildman–Crippen LogP) is 2.53. The van der Waals surface area contributed by atoms with Gasteiger partial charge in [-0.25, -0.2) is 9.37 Å². The number of alkyl halides is 1. The zero-order chi connectivity index (χ0) is 8.97. The van der Waals surface area contributed by atoms with Crippen LogP contribution in [0.25, 0.3) is 0 Å². The third-order valence-electron chi connectivity index (χ3n) is 1.45. The van der Waals surface area contributed by atoms with E-state index in [0.29, 0.717) is 12.4 Å². The number of anilines is 1. The van der Waals surface area contributed by atoms with Crippen molar-refractivity contribution in [1.82, 2.24) is 4.98 Å². The summed E-state index contributed by atoms with van der Waals surface area (Å²) in [6, 6.07) is 1.87. The van der Waals surface area contributed by atoms with Gasteiger partial charge in [-0.3, -0.25) is 0 Å². The summed E-state index contributed by atoms with van der Waals surface area (Å²) >= 11 is 3.33. The van der Waals surface area contributed by atoms with Crippen LogP contribution in [0.5, 0.6) is 0 Å². The number of halogens is 2. The number of aromatic nitrogens is 1. The van der Waals surface area contributed by atoms with Gasteiger partial charge >= 0.3 is 0 Å². The van der Waals surface area contributed by atoms with E-state index in [2.05, 4.69) is 26.2 Å². The second-order valence-electron chi connectivity index (χ2n) is 2.43. The van der Waals surface area contributed by atoms with Crippen LogP contribution in [0.4, 0.5) is 10.2 Å². The smallest absolute Gasteiger partial charge is 0.126 e. The summed E-state index contributed by atoms with van der Waals surface area (Å²) in [5, 5.41) is 2.86. The number of aryl methyl sites for hydroxylation is 1. The average molecular weight is 233 g/mol. The number of hydrogen-bond donors (Lipinski definition) is 1. The van der Waals surface area contributed by atoms with Gasteiger partial charge in [0.1, 0.15) is 12.5 Å². The predicted molar refractivity (Wildman–Crippen MR) is 51.1 cm³/mol. The van der Waals surface area contributed by atoms with Crippen LogP contribution in [0, 0.1) is 6.92 Å². The molecule has 1 aromatic rings. The fraction of sp³-hybridized carbons (Fsp3) is 0.375. The molecular formula is C8H10BrFN2. The first-order chi connectivity index (χ1) is 5.74. The van der Waals surface area contributed by atoms with Crippen molar-refractivity contribution in [3.63, 3.8) is 0 Å². The third-order valence-corrected chi connectivity index (χ3v) is 2.28. The molecule has 12 heavy (non-hydrogen) atoms. The molecule has 0 spiro atoms. The highest BCUT2D eigenvalue weighted by Gasteiger charge is 1.97. The fourth-order valence-corrected chi connectivity index (χ4v) is 1.03. The molecule has 0 aliphatic heterocycles. The first kappa shape index (κ1) is 9.45. The van der Waals surface area contributed by atoms with E-state index in [0.717, 1.165) is 10.0 Å². The van der Waals surface area contributed by atoms with E-state index >= 15 is 0 Å². The van der Waals surface area contributed by atoms with E-state index in [1.807, 2.05) is 13.0 Å². The van der Waals surface area contributed by atoms with Crippen molar-refractivity contribution in [3.05, 3.63) is 22.3 Å². The van der Waals surface area contributed by atoms with Gasteiger partial charge in [0.15, 0.2) is 0 Å². The molecule has 0 aliphatic rings. The van der Waals surface area contributed by atoms with Crippen molar-refractivity contribution >= 4 is 21.7 Å². The first-order valence-electron chi connectivity index (χ1n) is 3.66. The molecule has 0 saturated carbocycles. The molecule has 0 atom stereocenters. The van der Waals surface area contributed by atoms with Gasteiger partial charge in [0.05, 0.1) is 0 Å². The first-order valence-corrected chi connectivity index (χ1v) is 4.45.